The Morgan fingerprint density at radius 3 is 2.71 bits per heavy atom. The molecule has 5 heteroatoms. The number of benzene rings is 1. The highest BCUT2D eigenvalue weighted by Gasteiger charge is 2.26. The third-order valence-corrected chi connectivity index (χ3v) is 3.36. The topological polar surface area (TPSA) is 26.3 Å². The molecule has 92 valence electrons. The SMILES string of the molecule is O=C(c1cc(F)c(Br)cc1F)C1CCCCO1. The van der Waals surface area contributed by atoms with Crippen LogP contribution < -0.4 is 0 Å². The van der Waals surface area contributed by atoms with E-state index in [4.69, 9.17) is 4.74 Å². The summed E-state index contributed by atoms with van der Waals surface area (Å²) >= 11 is 2.87. The van der Waals surface area contributed by atoms with Gasteiger partial charge >= 0.3 is 0 Å². The van der Waals surface area contributed by atoms with E-state index in [0.29, 0.717) is 13.0 Å². The average Bonchev–Trinajstić information content (AvgIpc) is 2.34. The number of hydrogen-bond acceptors (Lipinski definition) is 2. The van der Waals surface area contributed by atoms with Crippen LogP contribution in [0.2, 0.25) is 0 Å². The van der Waals surface area contributed by atoms with Crippen LogP contribution in [0.5, 0.6) is 0 Å². The van der Waals surface area contributed by atoms with Crippen LogP contribution >= 0.6 is 15.9 Å². The fraction of sp³-hybridized carbons (Fsp3) is 0.417. The molecule has 0 N–H and O–H groups in total. The summed E-state index contributed by atoms with van der Waals surface area (Å²) in [5, 5.41) is 0. The van der Waals surface area contributed by atoms with Crippen molar-refractivity contribution in [2.24, 2.45) is 0 Å². The van der Waals surface area contributed by atoms with Crippen molar-refractivity contribution in [1.29, 1.82) is 0 Å². The summed E-state index contributed by atoms with van der Waals surface area (Å²) in [4.78, 5) is 11.9. The van der Waals surface area contributed by atoms with Crippen molar-refractivity contribution in [1.82, 2.24) is 0 Å². The molecule has 1 saturated heterocycles. The number of ketones is 1. The lowest BCUT2D eigenvalue weighted by Crippen LogP contribution is -2.29. The zero-order valence-corrected chi connectivity index (χ0v) is 10.6. The van der Waals surface area contributed by atoms with E-state index < -0.39 is 23.5 Å². The Morgan fingerprint density at radius 1 is 1.29 bits per heavy atom. The van der Waals surface area contributed by atoms with E-state index in [2.05, 4.69) is 15.9 Å². The van der Waals surface area contributed by atoms with Crippen molar-refractivity contribution in [2.45, 2.75) is 25.4 Å². The van der Waals surface area contributed by atoms with Crippen molar-refractivity contribution in [3.8, 4) is 0 Å². The maximum atomic E-state index is 13.6. The quantitative estimate of drug-likeness (QED) is 0.618. The third kappa shape index (κ3) is 2.72. The summed E-state index contributed by atoms with van der Waals surface area (Å²) in [6.07, 6.45) is 1.70. The zero-order chi connectivity index (χ0) is 12.4. The Balaban J connectivity index is 2.26. The lowest BCUT2D eigenvalue weighted by molar-refractivity contribution is 0.0183. The second-order valence-electron chi connectivity index (χ2n) is 3.97. The Labute approximate surface area is 106 Å². The van der Waals surface area contributed by atoms with Crippen LogP contribution in [-0.4, -0.2) is 18.5 Å². The lowest BCUT2D eigenvalue weighted by atomic mass is 9.99. The molecule has 2 nitrogen and oxygen atoms in total. The Bertz CT molecular complexity index is 442. The highest BCUT2D eigenvalue weighted by molar-refractivity contribution is 9.10. The molecule has 1 aliphatic heterocycles. The van der Waals surface area contributed by atoms with Crippen LogP contribution in [0.25, 0.3) is 0 Å². The maximum absolute atomic E-state index is 13.6. The zero-order valence-electron chi connectivity index (χ0n) is 9.01. The molecule has 0 saturated carbocycles. The Morgan fingerprint density at radius 2 is 2.06 bits per heavy atom. The minimum absolute atomic E-state index is 0.0103. The number of carbonyl (C=O) groups excluding carboxylic acids is 1. The minimum atomic E-state index is -0.725. The van der Waals surface area contributed by atoms with E-state index in [1.165, 1.54) is 0 Å². The van der Waals surface area contributed by atoms with Crippen molar-refractivity contribution < 1.29 is 18.3 Å². The molecule has 0 spiro atoms. The van der Waals surface area contributed by atoms with Crippen LogP contribution in [0, 0.1) is 11.6 Å². The normalized spacial score (nSPS) is 20.3. The van der Waals surface area contributed by atoms with Gasteiger partial charge < -0.3 is 4.74 Å². The summed E-state index contributed by atoms with van der Waals surface area (Å²) < 4.78 is 32.1. The van der Waals surface area contributed by atoms with Crippen LogP contribution in [-0.2, 0) is 4.74 Å². The first kappa shape index (κ1) is 12.6. The molecule has 0 aromatic heterocycles. The summed E-state index contributed by atoms with van der Waals surface area (Å²) in [6.45, 7) is 0.497. The second kappa shape index (κ2) is 5.23. The molecule has 1 fully saturated rings. The molecule has 0 amide bonds. The van der Waals surface area contributed by atoms with Crippen molar-refractivity contribution in [2.75, 3.05) is 6.61 Å². The third-order valence-electron chi connectivity index (χ3n) is 2.75. The fourth-order valence-electron chi connectivity index (χ4n) is 1.83. The van der Waals surface area contributed by atoms with Gasteiger partial charge in [-0.25, -0.2) is 8.78 Å². The van der Waals surface area contributed by atoms with Gasteiger partial charge in [-0.15, -0.1) is 0 Å². The monoisotopic (exact) mass is 304 g/mol. The first-order valence-corrected chi connectivity index (χ1v) is 6.19. The van der Waals surface area contributed by atoms with E-state index in [-0.39, 0.29) is 10.0 Å². The first-order valence-electron chi connectivity index (χ1n) is 5.40. The predicted octanol–water partition coefficient (Wildman–Crippen LogP) is 3.48. The minimum Gasteiger partial charge on any atom is -0.370 e. The van der Waals surface area contributed by atoms with Crippen LogP contribution in [0.15, 0.2) is 16.6 Å². The van der Waals surface area contributed by atoms with Gasteiger partial charge in [0.2, 0.25) is 0 Å². The van der Waals surface area contributed by atoms with Gasteiger partial charge in [-0.1, -0.05) is 0 Å². The second-order valence-corrected chi connectivity index (χ2v) is 4.82. The highest BCUT2D eigenvalue weighted by atomic mass is 79.9. The molecular weight excluding hydrogens is 294 g/mol. The molecule has 0 bridgehead atoms. The lowest BCUT2D eigenvalue weighted by Gasteiger charge is -2.21. The number of halogens is 3. The molecule has 1 atom stereocenters. The van der Waals surface area contributed by atoms with Crippen LogP contribution in [0.1, 0.15) is 29.6 Å². The van der Waals surface area contributed by atoms with Gasteiger partial charge in [0.05, 0.1) is 10.0 Å². The number of rotatable bonds is 2. The van der Waals surface area contributed by atoms with Crippen LogP contribution in [0.3, 0.4) is 0 Å². The van der Waals surface area contributed by atoms with E-state index in [9.17, 15) is 13.6 Å². The molecule has 17 heavy (non-hydrogen) atoms. The number of hydrogen-bond donors (Lipinski definition) is 0. The highest BCUT2D eigenvalue weighted by Crippen LogP contribution is 2.23. The first-order chi connectivity index (χ1) is 8.09. The molecule has 1 unspecified atom stereocenters. The van der Waals surface area contributed by atoms with E-state index >= 15 is 0 Å². The number of carbonyl (C=O) groups is 1. The van der Waals surface area contributed by atoms with Gasteiger partial charge in [0.25, 0.3) is 0 Å². The molecule has 2 rings (SSSR count). The van der Waals surface area contributed by atoms with Gasteiger partial charge in [-0.3, -0.25) is 4.79 Å². The molecule has 1 aliphatic rings. The summed E-state index contributed by atoms with van der Waals surface area (Å²) in [5.41, 5.74) is -0.238. The number of Topliss-reactive ketones (excluding diaryl/α,β-unsaturated/α-hetero) is 1. The van der Waals surface area contributed by atoms with E-state index in [1.807, 2.05) is 0 Å². The molecule has 1 aromatic rings. The van der Waals surface area contributed by atoms with Gasteiger partial charge in [0.15, 0.2) is 5.78 Å². The van der Waals surface area contributed by atoms with Gasteiger partial charge in [0.1, 0.15) is 17.7 Å². The Kier molecular flexibility index (Phi) is 3.89. The molecular formula is C12H11BrF2O2. The average molecular weight is 305 g/mol. The maximum Gasteiger partial charge on any atom is 0.194 e. The molecule has 1 aromatic carbocycles. The fourth-order valence-corrected chi connectivity index (χ4v) is 2.15. The standard InChI is InChI=1S/C12H11BrF2O2/c13-8-6-9(14)7(5-10(8)15)12(16)11-3-1-2-4-17-11/h5-6,11H,1-4H2. The largest absolute Gasteiger partial charge is 0.370 e. The molecule has 1 heterocycles. The molecule has 0 radical (unpaired) electrons. The van der Waals surface area contributed by atoms with Gasteiger partial charge in [-0.2, -0.15) is 0 Å². The predicted molar refractivity (Wildman–Crippen MR) is 62.0 cm³/mol. The van der Waals surface area contributed by atoms with Crippen molar-refractivity contribution in [3.63, 3.8) is 0 Å². The number of ether oxygens (including phenoxy) is 1. The van der Waals surface area contributed by atoms with Gasteiger partial charge in [0, 0.05) is 6.61 Å². The summed E-state index contributed by atoms with van der Waals surface area (Å²) in [6, 6.07) is 1.88. The van der Waals surface area contributed by atoms with Crippen molar-refractivity contribution in [3.05, 3.63) is 33.8 Å². The van der Waals surface area contributed by atoms with Crippen molar-refractivity contribution >= 4 is 21.7 Å². The molecule has 0 aliphatic carbocycles. The van der Waals surface area contributed by atoms with E-state index in [1.54, 1.807) is 0 Å². The van der Waals surface area contributed by atoms with Crippen LogP contribution in [0.4, 0.5) is 8.78 Å². The van der Waals surface area contributed by atoms with Gasteiger partial charge in [-0.05, 0) is 47.3 Å². The van der Waals surface area contributed by atoms with E-state index in [0.717, 1.165) is 25.0 Å². The summed E-state index contributed by atoms with van der Waals surface area (Å²) in [7, 11) is 0. The summed E-state index contributed by atoms with van der Waals surface area (Å²) in [5.74, 6) is -1.85. The Hall–Kier alpha value is -0.810. The smallest absolute Gasteiger partial charge is 0.194 e.